The number of nitrogens with zero attached hydrogens (tertiary/aromatic N) is 8. The SMILES string of the molecule is O=C(NC1CCN(CC(=O)N2CCN(c3ccc(-c4ncccn4)cc3)CC2)C1)c1cc2c(s1)CC=[N+]=C2n1ccnc1. The monoisotopic (exact) mass is 594 g/mol. The number of aromatic nitrogens is 4. The minimum atomic E-state index is -0.0667. The average Bonchev–Trinajstić information content (AvgIpc) is 3.83. The van der Waals surface area contributed by atoms with Crippen LogP contribution in [-0.4, -0.2) is 105 Å². The molecule has 2 fully saturated rings. The summed E-state index contributed by atoms with van der Waals surface area (Å²) in [6.45, 7) is 4.83. The van der Waals surface area contributed by atoms with Gasteiger partial charge in [-0.05, 0) is 42.8 Å². The van der Waals surface area contributed by atoms with Crippen LogP contribution in [0.3, 0.4) is 0 Å². The topological polar surface area (TPSA) is 114 Å². The van der Waals surface area contributed by atoms with E-state index in [0.717, 1.165) is 60.0 Å². The zero-order valence-electron chi connectivity index (χ0n) is 23.7. The second kappa shape index (κ2) is 11.9. The summed E-state index contributed by atoms with van der Waals surface area (Å²) < 4.78 is 6.41. The van der Waals surface area contributed by atoms with E-state index in [2.05, 4.69) is 46.9 Å². The fourth-order valence-electron chi connectivity index (χ4n) is 5.88. The highest BCUT2D eigenvalue weighted by molar-refractivity contribution is 7.14. The van der Waals surface area contributed by atoms with Crippen LogP contribution in [0.5, 0.6) is 0 Å². The lowest BCUT2D eigenvalue weighted by Gasteiger charge is -2.36. The minimum absolute atomic E-state index is 0.0221. The number of nitrogens with one attached hydrogen (secondary N) is 1. The second-order valence-corrected chi connectivity index (χ2v) is 12.1. The molecule has 218 valence electrons. The normalized spacial score (nSPS) is 18.4. The summed E-state index contributed by atoms with van der Waals surface area (Å²) in [7, 11) is 0. The molecule has 11 nitrogen and oxygen atoms in total. The van der Waals surface area contributed by atoms with Gasteiger partial charge in [-0.1, -0.05) is 0 Å². The number of carbonyl (C=O) groups is 2. The van der Waals surface area contributed by atoms with Gasteiger partial charge < -0.3 is 15.1 Å². The average molecular weight is 595 g/mol. The molecule has 4 aromatic rings. The summed E-state index contributed by atoms with van der Waals surface area (Å²) in [6, 6.07) is 12.0. The summed E-state index contributed by atoms with van der Waals surface area (Å²) in [6.07, 6.45) is 12.2. The summed E-state index contributed by atoms with van der Waals surface area (Å²) in [5.74, 6) is 1.59. The van der Waals surface area contributed by atoms with Crippen molar-refractivity contribution in [2.24, 2.45) is 0 Å². The van der Waals surface area contributed by atoms with Crippen molar-refractivity contribution in [2.45, 2.75) is 18.9 Å². The standard InChI is InChI=1S/C31H31N9O2S/c41-28(39-16-14-38(15-17-39)24-4-2-22(3-5-24)29-33-8-1-9-34-29)20-37-12-7-23(19-37)36-31(42)27-18-25-26(43-27)6-10-35-30(25)40-13-11-32-21-40/h1-5,8-11,13,18,21,23H,6-7,12,14-17,19-20H2/p+1. The molecule has 7 rings (SSSR count). The Morgan fingerprint density at radius 2 is 1.84 bits per heavy atom. The van der Waals surface area contributed by atoms with Crippen molar-refractivity contribution in [1.82, 2.24) is 39.3 Å². The molecule has 2 amide bonds. The number of hydrogen-bond acceptors (Lipinski definition) is 8. The van der Waals surface area contributed by atoms with Crippen LogP contribution in [0, 0.1) is 0 Å². The molecule has 0 spiro atoms. The molecule has 1 atom stereocenters. The Labute approximate surface area is 253 Å². The van der Waals surface area contributed by atoms with Crippen LogP contribution in [0.25, 0.3) is 11.4 Å². The van der Waals surface area contributed by atoms with E-state index in [1.165, 1.54) is 11.3 Å². The zero-order valence-corrected chi connectivity index (χ0v) is 24.5. The quantitative estimate of drug-likeness (QED) is 0.337. The third kappa shape index (κ3) is 5.85. The summed E-state index contributed by atoms with van der Waals surface area (Å²) in [5, 5.41) is 3.20. The first-order chi connectivity index (χ1) is 21.1. The number of benzene rings is 1. The Kier molecular flexibility index (Phi) is 7.55. The predicted octanol–water partition coefficient (Wildman–Crippen LogP) is 1.54. The van der Waals surface area contributed by atoms with Crippen LogP contribution in [0.15, 0.2) is 67.5 Å². The number of anilines is 1. The van der Waals surface area contributed by atoms with Crippen molar-refractivity contribution < 1.29 is 9.59 Å². The van der Waals surface area contributed by atoms with E-state index < -0.39 is 0 Å². The zero-order chi connectivity index (χ0) is 29.2. The molecule has 3 aromatic heterocycles. The van der Waals surface area contributed by atoms with E-state index in [9.17, 15) is 9.59 Å². The lowest BCUT2D eigenvalue weighted by molar-refractivity contribution is -0.132. The van der Waals surface area contributed by atoms with Crippen molar-refractivity contribution in [3.05, 3.63) is 82.8 Å². The first-order valence-corrected chi connectivity index (χ1v) is 15.4. The number of thiophene rings is 1. The van der Waals surface area contributed by atoms with E-state index in [0.29, 0.717) is 36.9 Å². The molecule has 2 saturated heterocycles. The molecule has 3 aliphatic rings. The maximum atomic E-state index is 13.2. The lowest BCUT2D eigenvalue weighted by Crippen LogP contribution is -2.51. The molecular formula is C31H32N9O2S+. The molecule has 1 N–H and O–H groups in total. The van der Waals surface area contributed by atoms with Gasteiger partial charge in [0.25, 0.3) is 5.91 Å². The van der Waals surface area contributed by atoms with Gasteiger partial charge >= 0.3 is 5.84 Å². The molecule has 0 aliphatic carbocycles. The number of carbonyl (C=O) groups excluding carboxylic acids is 2. The first kappa shape index (κ1) is 27.2. The molecule has 3 aliphatic heterocycles. The van der Waals surface area contributed by atoms with Crippen molar-refractivity contribution in [3.8, 4) is 11.4 Å². The van der Waals surface area contributed by atoms with E-state index >= 15 is 0 Å². The van der Waals surface area contributed by atoms with Crippen LogP contribution < -0.4 is 14.9 Å². The van der Waals surface area contributed by atoms with E-state index in [4.69, 9.17) is 0 Å². The molecule has 43 heavy (non-hydrogen) atoms. The summed E-state index contributed by atoms with van der Waals surface area (Å²) in [5.41, 5.74) is 3.11. The van der Waals surface area contributed by atoms with Gasteiger partial charge in [0.05, 0.1) is 29.6 Å². The number of rotatable bonds is 6. The molecular weight excluding hydrogens is 562 g/mol. The van der Waals surface area contributed by atoms with E-state index in [-0.39, 0.29) is 17.9 Å². The minimum Gasteiger partial charge on any atom is -0.368 e. The third-order valence-corrected chi connectivity index (χ3v) is 9.32. The summed E-state index contributed by atoms with van der Waals surface area (Å²) in [4.78, 5) is 47.3. The Balaban J connectivity index is 0.881. The van der Waals surface area contributed by atoms with Gasteiger partial charge in [-0.2, -0.15) is 4.57 Å². The molecule has 0 radical (unpaired) electrons. The maximum absolute atomic E-state index is 13.2. The molecule has 6 heterocycles. The highest BCUT2D eigenvalue weighted by Crippen LogP contribution is 2.26. The van der Waals surface area contributed by atoms with Crippen molar-refractivity contribution >= 4 is 40.9 Å². The van der Waals surface area contributed by atoms with Crippen molar-refractivity contribution in [1.29, 1.82) is 0 Å². The predicted molar refractivity (Wildman–Crippen MR) is 167 cm³/mol. The highest BCUT2D eigenvalue weighted by Gasteiger charge is 2.31. The van der Waals surface area contributed by atoms with Crippen molar-refractivity contribution in [2.75, 3.05) is 50.7 Å². The third-order valence-electron chi connectivity index (χ3n) is 8.17. The molecule has 12 heteroatoms. The fourth-order valence-corrected chi connectivity index (χ4v) is 6.89. The molecule has 0 bridgehead atoms. The van der Waals surface area contributed by atoms with Crippen LogP contribution in [-0.2, 0) is 11.2 Å². The number of fused-ring (bicyclic) bond motifs is 1. The van der Waals surface area contributed by atoms with Crippen LogP contribution in [0.2, 0.25) is 0 Å². The molecule has 0 saturated carbocycles. The lowest BCUT2D eigenvalue weighted by atomic mass is 10.1. The number of amides is 2. The maximum Gasteiger partial charge on any atom is 0.388 e. The van der Waals surface area contributed by atoms with Gasteiger partial charge in [0, 0.05) is 73.8 Å². The Morgan fingerprint density at radius 1 is 1.02 bits per heavy atom. The van der Waals surface area contributed by atoms with Crippen LogP contribution in [0.4, 0.5) is 5.69 Å². The van der Waals surface area contributed by atoms with Crippen LogP contribution >= 0.6 is 11.3 Å². The highest BCUT2D eigenvalue weighted by atomic mass is 32.1. The van der Waals surface area contributed by atoms with Gasteiger partial charge in [-0.3, -0.25) is 14.5 Å². The van der Waals surface area contributed by atoms with Gasteiger partial charge in [-0.25, -0.2) is 19.6 Å². The number of likely N-dealkylation sites (tertiary alicyclic amines) is 1. The Morgan fingerprint density at radius 3 is 2.60 bits per heavy atom. The van der Waals surface area contributed by atoms with Gasteiger partial charge in [0.2, 0.25) is 5.91 Å². The van der Waals surface area contributed by atoms with Gasteiger partial charge in [0.15, 0.2) is 18.4 Å². The second-order valence-electron chi connectivity index (χ2n) is 10.9. The summed E-state index contributed by atoms with van der Waals surface area (Å²) >= 11 is 1.51. The van der Waals surface area contributed by atoms with E-state index in [1.54, 1.807) is 24.9 Å². The van der Waals surface area contributed by atoms with Crippen LogP contribution in [0.1, 0.15) is 26.5 Å². The van der Waals surface area contributed by atoms with Gasteiger partial charge in [-0.15, -0.1) is 11.3 Å². The number of imidazole rings is 1. The Bertz CT molecular complexity index is 1670. The number of hydrogen-bond donors (Lipinski definition) is 1. The molecule has 1 aromatic carbocycles. The fraction of sp³-hybridized carbons (Fsp3) is 0.323. The van der Waals surface area contributed by atoms with Crippen molar-refractivity contribution in [3.63, 3.8) is 0 Å². The smallest absolute Gasteiger partial charge is 0.368 e. The largest absolute Gasteiger partial charge is 0.388 e. The molecule has 1 unspecified atom stereocenters. The number of piperazine rings is 1. The Hall–Kier alpha value is -4.64. The van der Waals surface area contributed by atoms with E-state index in [1.807, 2.05) is 46.1 Å². The first-order valence-electron chi connectivity index (χ1n) is 14.5. The van der Waals surface area contributed by atoms with Gasteiger partial charge in [0.1, 0.15) is 6.20 Å².